The predicted octanol–water partition coefficient (Wildman–Crippen LogP) is 3.41. The van der Waals surface area contributed by atoms with Crippen LogP contribution in [0.15, 0.2) is 26.3 Å². The Bertz CT molecular complexity index is 828. The van der Waals surface area contributed by atoms with E-state index >= 15 is 0 Å². The van der Waals surface area contributed by atoms with Gasteiger partial charge in [-0.1, -0.05) is 19.8 Å². The number of aromatic nitrogens is 2. The van der Waals surface area contributed by atoms with Crippen molar-refractivity contribution < 1.29 is 17.3 Å². The standard InChI is InChI=1S/C17H23N3O4S/c1-12-6-8-20(9-7-12)25(21,22)15-10-14(11-23-15)17-19-18-16(24-17)13-4-2-3-5-13/h10-13H,2-9H2,1H3. The lowest BCUT2D eigenvalue weighted by atomic mass is 10.0. The van der Waals surface area contributed by atoms with E-state index in [0.717, 1.165) is 25.7 Å². The number of furan rings is 1. The van der Waals surface area contributed by atoms with E-state index in [0.29, 0.717) is 42.3 Å². The average molecular weight is 365 g/mol. The summed E-state index contributed by atoms with van der Waals surface area (Å²) in [5.74, 6) is 1.85. The minimum absolute atomic E-state index is 0.0577. The number of nitrogens with zero attached hydrogens (tertiary/aromatic N) is 3. The van der Waals surface area contributed by atoms with Gasteiger partial charge in [0, 0.05) is 25.1 Å². The fourth-order valence-corrected chi connectivity index (χ4v) is 5.00. The molecule has 7 nitrogen and oxygen atoms in total. The van der Waals surface area contributed by atoms with Crippen LogP contribution in [-0.4, -0.2) is 36.0 Å². The maximum Gasteiger partial charge on any atom is 0.276 e. The molecule has 0 atom stereocenters. The minimum Gasteiger partial charge on any atom is -0.451 e. The Morgan fingerprint density at radius 2 is 1.84 bits per heavy atom. The van der Waals surface area contributed by atoms with Gasteiger partial charge in [-0.2, -0.15) is 4.31 Å². The lowest BCUT2D eigenvalue weighted by molar-refractivity contribution is 0.281. The van der Waals surface area contributed by atoms with E-state index < -0.39 is 10.0 Å². The summed E-state index contributed by atoms with van der Waals surface area (Å²) in [5, 5.41) is 8.13. The molecule has 0 spiro atoms. The maximum atomic E-state index is 12.7. The first-order chi connectivity index (χ1) is 12.0. The van der Waals surface area contributed by atoms with E-state index in [2.05, 4.69) is 17.1 Å². The molecule has 136 valence electrons. The first-order valence-electron chi connectivity index (χ1n) is 8.96. The van der Waals surface area contributed by atoms with Crippen molar-refractivity contribution in [3.63, 3.8) is 0 Å². The lowest BCUT2D eigenvalue weighted by Gasteiger charge is -2.28. The third-order valence-corrected chi connectivity index (χ3v) is 7.07. The highest BCUT2D eigenvalue weighted by atomic mass is 32.2. The van der Waals surface area contributed by atoms with Crippen molar-refractivity contribution in [1.29, 1.82) is 0 Å². The highest BCUT2D eigenvalue weighted by Crippen LogP contribution is 2.35. The van der Waals surface area contributed by atoms with Crippen LogP contribution in [0.1, 0.15) is 57.3 Å². The molecule has 0 aromatic carbocycles. The summed E-state index contributed by atoms with van der Waals surface area (Å²) >= 11 is 0. The van der Waals surface area contributed by atoms with Crippen LogP contribution in [0.4, 0.5) is 0 Å². The molecule has 0 unspecified atom stereocenters. The summed E-state index contributed by atoms with van der Waals surface area (Å²) in [6.07, 6.45) is 7.64. The van der Waals surface area contributed by atoms with E-state index in [1.165, 1.54) is 29.5 Å². The molecule has 0 bridgehead atoms. The molecule has 2 aromatic heterocycles. The zero-order chi connectivity index (χ0) is 17.4. The third kappa shape index (κ3) is 3.25. The van der Waals surface area contributed by atoms with Crippen molar-refractivity contribution in [3.8, 4) is 11.5 Å². The predicted molar refractivity (Wildman–Crippen MR) is 90.4 cm³/mol. The molecule has 8 heteroatoms. The Balaban J connectivity index is 1.53. The van der Waals surface area contributed by atoms with Crippen LogP contribution in [0.3, 0.4) is 0 Å². The Hall–Kier alpha value is -1.67. The molecule has 0 N–H and O–H groups in total. The second kappa shape index (κ2) is 6.57. The maximum absolute atomic E-state index is 12.7. The first-order valence-corrected chi connectivity index (χ1v) is 10.4. The highest BCUT2D eigenvalue weighted by Gasteiger charge is 2.31. The van der Waals surface area contributed by atoms with E-state index in [9.17, 15) is 8.42 Å². The normalized spacial score (nSPS) is 21.2. The SMILES string of the molecule is CC1CCN(S(=O)(=O)c2cc(-c3nnc(C4CCCC4)o3)co2)CC1. The summed E-state index contributed by atoms with van der Waals surface area (Å²) in [5.41, 5.74) is 0.515. The smallest absolute Gasteiger partial charge is 0.276 e. The summed E-state index contributed by atoms with van der Waals surface area (Å²) in [4.78, 5) is 0. The van der Waals surface area contributed by atoms with Crippen molar-refractivity contribution in [1.82, 2.24) is 14.5 Å². The molecular weight excluding hydrogens is 342 g/mol. The highest BCUT2D eigenvalue weighted by molar-refractivity contribution is 7.89. The van der Waals surface area contributed by atoms with Gasteiger partial charge >= 0.3 is 0 Å². The Morgan fingerprint density at radius 1 is 1.12 bits per heavy atom. The summed E-state index contributed by atoms with van der Waals surface area (Å²) in [6, 6.07) is 1.49. The number of hydrogen-bond acceptors (Lipinski definition) is 6. The van der Waals surface area contributed by atoms with Gasteiger partial charge in [-0.05, 0) is 31.6 Å². The van der Waals surface area contributed by atoms with Crippen LogP contribution in [0.25, 0.3) is 11.5 Å². The van der Waals surface area contributed by atoms with E-state index in [1.54, 1.807) is 0 Å². The van der Waals surface area contributed by atoms with Gasteiger partial charge in [-0.15, -0.1) is 10.2 Å². The molecule has 0 radical (unpaired) electrons. The van der Waals surface area contributed by atoms with Crippen molar-refractivity contribution in [2.75, 3.05) is 13.1 Å². The van der Waals surface area contributed by atoms with Crippen molar-refractivity contribution in [2.45, 2.75) is 56.5 Å². The van der Waals surface area contributed by atoms with Gasteiger partial charge in [0.2, 0.25) is 11.0 Å². The van der Waals surface area contributed by atoms with Gasteiger partial charge in [0.1, 0.15) is 6.26 Å². The Morgan fingerprint density at radius 3 is 2.56 bits per heavy atom. The molecule has 1 saturated heterocycles. The van der Waals surface area contributed by atoms with Crippen LogP contribution in [0, 0.1) is 5.92 Å². The van der Waals surface area contributed by atoms with E-state index in [-0.39, 0.29) is 5.09 Å². The van der Waals surface area contributed by atoms with Crippen LogP contribution in [-0.2, 0) is 10.0 Å². The third-order valence-electron chi connectivity index (χ3n) is 5.30. The fourth-order valence-electron chi connectivity index (χ4n) is 3.61. The summed E-state index contributed by atoms with van der Waals surface area (Å²) in [6.45, 7) is 3.21. The molecule has 0 amide bonds. The Labute approximate surface area is 147 Å². The molecule has 2 aromatic rings. The van der Waals surface area contributed by atoms with Gasteiger partial charge in [0.25, 0.3) is 15.9 Å². The molecule has 3 heterocycles. The van der Waals surface area contributed by atoms with Crippen molar-refractivity contribution in [3.05, 3.63) is 18.2 Å². The van der Waals surface area contributed by atoms with Gasteiger partial charge in [-0.25, -0.2) is 8.42 Å². The lowest BCUT2D eigenvalue weighted by Crippen LogP contribution is -2.37. The second-order valence-electron chi connectivity index (χ2n) is 7.17. The van der Waals surface area contributed by atoms with Crippen LogP contribution >= 0.6 is 0 Å². The zero-order valence-corrected chi connectivity index (χ0v) is 15.2. The summed E-state index contributed by atoms with van der Waals surface area (Å²) < 4.78 is 38.0. The van der Waals surface area contributed by atoms with Gasteiger partial charge in [-0.3, -0.25) is 0 Å². The molecule has 2 fully saturated rings. The molecule has 2 aliphatic rings. The van der Waals surface area contributed by atoms with Crippen LogP contribution in [0.2, 0.25) is 0 Å². The topological polar surface area (TPSA) is 89.4 Å². The average Bonchev–Trinajstić information content (AvgIpc) is 3.34. The van der Waals surface area contributed by atoms with Crippen molar-refractivity contribution in [2.24, 2.45) is 5.92 Å². The molecule has 25 heavy (non-hydrogen) atoms. The van der Waals surface area contributed by atoms with Crippen molar-refractivity contribution >= 4 is 10.0 Å². The molecule has 1 aliphatic carbocycles. The molecule has 1 aliphatic heterocycles. The van der Waals surface area contributed by atoms with E-state index in [1.807, 2.05) is 0 Å². The van der Waals surface area contributed by atoms with Gasteiger partial charge < -0.3 is 8.83 Å². The number of sulfonamides is 1. The molecular formula is C17H23N3O4S. The largest absolute Gasteiger partial charge is 0.451 e. The van der Waals surface area contributed by atoms with Gasteiger partial charge in [0.05, 0.1) is 5.56 Å². The number of rotatable bonds is 4. The van der Waals surface area contributed by atoms with E-state index in [4.69, 9.17) is 8.83 Å². The number of piperidine rings is 1. The molecule has 4 rings (SSSR count). The monoisotopic (exact) mass is 365 g/mol. The van der Waals surface area contributed by atoms with Crippen LogP contribution < -0.4 is 0 Å². The summed E-state index contributed by atoms with van der Waals surface area (Å²) in [7, 11) is -3.60. The quantitative estimate of drug-likeness (QED) is 0.825. The molecule has 1 saturated carbocycles. The first kappa shape index (κ1) is 16.8. The van der Waals surface area contributed by atoms with Crippen LogP contribution in [0.5, 0.6) is 0 Å². The Kier molecular flexibility index (Phi) is 4.41. The van der Waals surface area contributed by atoms with Gasteiger partial charge in [0.15, 0.2) is 0 Å². The zero-order valence-electron chi connectivity index (χ0n) is 14.3. The minimum atomic E-state index is -3.60. The fraction of sp³-hybridized carbons (Fsp3) is 0.647. The second-order valence-corrected chi connectivity index (χ2v) is 9.04. The number of hydrogen-bond donors (Lipinski definition) is 0.